The lowest BCUT2D eigenvalue weighted by Crippen LogP contribution is -2.58. The van der Waals surface area contributed by atoms with Crippen molar-refractivity contribution in [3.63, 3.8) is 0 Å². The zero-order chi connectivity index (χ0) is 11.8. The van der Waals surface area contributed by atoms with Gasteiger partial charge in [-0.2, -0.15) is 0 Å². The summed E-state index contributed by atoms with van der Waals surface area (Å²) in [6.45, 7) is 0.265. The van der Waals surface area contributed by atoms with Crippen LogP contribution in [-0.2, 0) is 18.9 Å². The zero-order valence-corrected chi connectivity index (χ0v) is 9.38. The molecule has 0 aromatic heterocycles. The van der Waals surface area contributed by atoms with Gasteiger partial charge in [0.05, 0.1) is 0 Å². The van der Waals surface area contributed by atoms with Crippen LogP contribution in [0.15, 0.2) is 24.2 Å². The number of rotatable bonds is 2. The van der Waals surface area contributed by atoms with Gasteiger partial charge in [-0.05, 0) is 6.92 Å². The predicted octanol–water partition coefficient (Wildman–Crippen LogP) is 0.157. The van der Waals surface area contributed by atoms with Crippen molar-refractivity contribution in [2.24, 2.45) is 0 Å². The van der Waals surface area contributed by atoms with Gasteiger partial charge in [0.1, 0.15) is 13.1 Å². The summed E-state index contributed by atoms with van der Waals surface area (Å²) in [5.41, 5.74) is 0. The van der Waals surface area contributed by atoms with Crippen LogP contribution in [0.1, 0.15) is 6.92 Å². The summed E-state index contributed by atoms with van der Waals surface area (Å²) in [4.78, 5) is 22.7. The molecular weight excluding hydrogens is 209 g/mol. The van der Waals surface area contributed by atoms with Gasteiger partial charge in [-0.15, -0.1) is 0 Å². The van der Waals surface area contributed by atoms with Crippen LogP contribution < -0.4 is 0 Å². The molecule has 6 heteroatoms. The van der Waals surface area contributed by atoms with Gasteiger partial charge in [-0.3, -0.25) is 9.59 Å². The second kappa shape index (κ2) is 3.48. The number of quaternary nitrogens is 1. The molecule has 2 rings (SSSR count). The Labute approximate surface area is 93.9 Å². The first-order valence-corrected chi connectivity index (χ1v) is 5.24. The average Bonchev–Trinajstić information content (AvgIpc) is 2.49. The van der Waals surface area contributed by atoms with Crippen LogP contribution in [0, 0.1) is 0 Å². The Balaban J connectivity index is 2.34. The lowest BCUT2D eigenvalue weighted by atomic mass is 9.68. The molecule has 0 aliphatic carbocycles. The van der Waals surface area contributed by atoms with E-state index in [0.717, 1.165) is 0 Å². The summed E-state index contributed by atoms with van der Waals surface area (Å²) < 4.78 is 10.6. The molecule has 2 saturated heterocycles. The van der Waals surface area contributed by atoms with Crippen molar-refractivity contribution < 1.29 is 23.3 Å². The number of likely N-dealkylation sites (N-methyl/N-ethyl adjacent to an activating group) is 1. The maximum Gasteiger partial charge on any atom is 0.607 e. The third-order valence-electron chi connectivity index (χ3n) is 3.11. The van der Waals surface area contributed by atoms with Gasteiger partial charge in [-0.1, -0.05) is 24.2 Å². The molecule has 86 valence electrons. The smallest absolute Gasteiger partial charge is 0.596 e. The summed E-state index contributed by atoms with van der Waals surface area (Å²) in [6.07, 6.45) is 5.40. The molecule has 0 N–H and O–H groups in total. The Hall–Kier alpha value is -1.56. The lowest BCUT2D eigenvalue weighted by molar-refractivity contribution is -0.791. The van der Waals surface area contributed by atoms with Gasteiger partial charge in [0.2, 0.25) is 0 Å². The van der Waals surface area contributed by atoms with E-state index in [9.17, 15) is 9.59 Å². The van der Waals surface area contributed by atoms with Crippen molar-refractivity contribution in [2.45, 2.75) is 6.92 Å². The third-order valence-corrected chi connectivity index (χ3v) is 3.11. The highest BCUT2D eigenvalue weighted by Gasteiger charge is 2.63. The quantitative estimate of drug-likeness (QED) is 0.494. The van der Waals surface area contributed by atoms with Crippen LogP contribution in [0.2, 0.25) is 0 Å². The average molecular weight is 223 g/mol. The van der Waals surface area contributed by atoms with Gasteiger partial charge in [0, 0.05) is 7.05 Å². The molecule has 16 heavy (non-hydrogen) atoms. The van der Waals surface area contributed by atoms with Gasteiger partial charge in [0.15, 0.2) is 0 Å². The minimum atomic E-state index is -1.99. The number of allylic oxidation sites excluding steroid dienone is 3. The molecule has 2 aliphatic heterocycles. The number of carbonyl (C=O) groups is 2. The largest absolute Gasteiger partial charge is 0.607 e. The van der Waals surface area contributed by atoms with Crippen LogP contribution >= 0.6 is 0 Å². The molecule has 0 saturated carbocycles. The van der Waals surface area contributed by atoms with Crippen LogP contribution in [0.4, 0.5) is 0 Å². The Kier molecular flexibility index (Phi) is 2.38. The van der Waals surface area contributed by atoms with Crippen molar-refractivity contribution in [3.8, 4) is 0 Å². The number of nitrogens with zero attached hydrogens (tertiary/aromatic N) is 1. The third kappa shape index (κ3) is 1.46. The van der Waals surface area contributed by atoms with E-state index in [0.29, 0.717) is 0 Å². The molecule has 5 nitrogen and oxygen atoms in total. The molecule has 0 bridgehead atoms. The first kappa shape index (κ1) is 10.9. The van der Waals surface area contributed by atoms with Gasteiger partial charge >= 0.3 is 18.6 Å². The highest BCUT2D eigenvalue weighted by Crippen LogP contribution is 2.34. The second-order valence-electron chi connectivity index (χ2n) is 4.41. The Morgan fingerprint density at radius 3 is 2.25 bits per heavy atom. The van der Waals surface area contributed by atoms with Crippen LogP contribution in [0.5, 0.6) is 0 Å². The molecule has 0 amide bonds. The van der Waals surface area contributed by atoms with E-state index in [1.54, 1.807) is 25.2 Å². The summed E-state index contributed by atoms with van der Waals surface area (Å²) in [6, 6.07) is 0. The number of hydrogen-bond acceptors (Lipinski definition) is 4. The van der Waals surface area contributed by atoms with Crippen LogP contribution in [0.25, 0.3) is 0 Å². The standard InChI is InChI=1S/C10H14BNO4/c1-3-4-5-6-11-12(2,7-9(13)15-11)8-10(14)16-11/h3-6H,7-8H2,1-2H3/b4-3-,6-5+. The summed E-state index contributed by atoms with van der Waals surface area (Å²) in [5, 5.41) is 0. The van der Waals surface area contributed by atoms with E-state index in [4.69, 9.17) is 9.31 Å². The van der Waals surface area contributed by atoms with Crippen molar-refractivity contribution in [3.05, 3.63) is 24.2 Å². The van der Waals surface area contributed by atoms with Gasteiger partial charge in [0.25, 0.3) is 0 Å². The van der Waals surface area contributed by atoms with E-state index in [1.165, 1.54) is 0 Å². The zero-order valence-electron chi connectivity index (χ0n) is 9.38. The fraction of sp³-hybridized carbons (Fsp3) is 0.400. The van der Waals surface area contributed by atoms with Crippen molar-refractivity contribution >= 4 is 18.6 Å². The molecule has 0 unspecified atom stereocenters. The molecule has 0 radical (unpaired) electrons. The monoisotopic (exact) mass is 223 g/mol. The van der Waals surface area contributed by atoms with Gasteiger partial charge < -0.3 is 13.7 Å². The first-order chi connectivity index (χ1) is 7.51. The molecule has 2 heterocycles. The molecule has 0 atom stereocenters. The van der Waals surface area contributed by atoms with E-state index >= 15 is 0 Å². The fourth-order valence-electron chi connectivity index (χ4n) is 2.23. The Morgan fingerprint density at radius 1 is 1.19 bits per heavy atom. The maximum atomic E-state index is 11.3. The number of fused-ring (bicyclic) bond motifs is 1. The molecule has 0 spiro atoms. The van der Waals surface area contributed by atoms with Crippen LogP contribution in [-0.4, -0.2) is 43.2 Å². The molecule has 0 aromatic carbocycles. The van der Waals surface area contributed by atoms with E-state index in [2.05, 4.69) is 0 Å². The molecule has 0 aromatic rings. The van der Waals surface area contributed by atoms with Crippen molar-refractivity contribution in [1.29, 1.82) is 0 Å². The summed E-state index contributed by atoms with van der Waals surface area (Å²) >= 11 is 0. The normalized spacial score (nSPS) is 38.1. The Bertz CT molecular complexity index is 382. The second-order valence-corrected chi connectivity index (χ2v) is 4.41. The molecular formula is C10H14BNO4. The lowest BCUT2D eigenvalue weighted by Gasteiger charge is -2.37. The van der Waals surface area contributed by atoms with Crippen molar-refractivity contribution in [2.75, 3.05) is 20.1 Å². The molecule has 2 fully saturated rings. The first-order valence-electron chi connectivity index (χ1n) is 5.24. The predicted molar refractivity (Wildman–Crippen MR) is 57.8 cm³/mol. The topological polar surface area (TPSA) is 52.6 Å². The Morgan fingerprint density at radius 2 is 1.75 bits per heavy atom. The molecule has 2 aliphatic rings. The minimum Gasteiger partial charge on any atom is -0.596 e. The van der Waals surface area contributed by atoms with E-state index in [-0.39, 0.29) is 29.4 Å². The number of carbonyl (C=O) groups excluding carboxylic acids is 2. The number of hydrogen-bond donors (Lipinski definition) is 0. The van der Waals surface area contributed by atoms with Crippen LogP contribution in [0.3, 0.4) is 0 Å². The van der Waals surface area contributed by atoms with E-state index < -0.39 is 6.69 Å². The summed E-state index contributed by atoms with van der Waals surface area (Å²) in [5.74, 6) is 1.04. The highest BCUT2D eigenvalue weighted by molar-refractivity contribution is 6.71. The highest BCUT2D eigenvalue weighted by atomic mass is 16.7. The SMILES string of the molecule is C/C=C\C=C\[B-]12OC(=O)C[N+]1(C)CC(=O)O2. The maximum absolute atomic E-state index is 11.3. The van der Waals surface area contributed by atoms with E-state index in [1.807, 2.05) is 13.0 Å². The fourth-order valence-corrected chi connectivity index (χ4v) is 2.23. The summed E-state index contributed by atoms with van der Waals surface area (Å²) in [7, 11) is 1.80. The van der Waals surface area contributed by atoms with Gasteiger partial charge in [-0.25, -0.2) is 0 Å². The van der Waals surface area contributed by atoms with Crippen molar-refractivity contribution in [1.82, 2.24) is 0 Å². The minimum absolute atomic E-state index is 0.186.